The number of ketones is 1. The zero-order valence-electron chi connectivity index (χ0n) is 31.5. The average molecular weight is 697 g/mol. The number of alkyl carbamates (subject to hydrolysis) is 1. The van der Waals surface area contributed by atoms with Crippen LogP contribution in [-0.4, -0.2) is 129 Å². The molecule has 1 saturated carbocycles. The predicted octanol–water partition coefficient (Wildman–Crippen LogP) is 2.62. The van der Waals surface area contributed by atoms with Crippen molar-refractivity contribution in [3.05, 3.63) is 0 Å². The third kappa shape index (κ3) is 8.96. The van der Waals surface area contributed by atoms with E-state index in [1.165, 1.54) is 12.8 Å². The van der Waals surface area contributed by atoms with Crippen molar-refractivity contribution in [2.24, 2.45) is 23.7 Å². The van der Waals surface area contributed by atoms with Crippen molar-refractivity contribution in [1.82, 2.24) is 20.9 Å². The van der Waals surface area contributed by atoms with Crippen molar-refractivity contribution < 1.29 is 43.2 Å². The SMILES string of the molecule is CC[C@H]1OC(=O)C(C)C(=O)[C@H](C)[C@@H](OC2OC(CNCC3CC3)CC(N(C)C)C2O)[C@](C)(OC)C[C@@H](C)CN[C@H](C)[C@H]2NC(=O)O[C@@]21CC. The number of rotatable bonds is 10. The van der Waals surface area contributed by atoms with Gasteiger partial charge in [-0.1, -0.05) is 27.7 Å². The van der Waals surface area contributed by atoms with Crippen LogP contribution < -0.4 is 16.0 Å². The lowest BCUT2D eigenvalue weighted by Crippen LogP contribution is -2.61. The number of nitrogens with zero attached hydrogens (tertiary/aromatic N) is 1. The Morgan fingerprint density at radius 3 is 2.37 bits per heavy atom. The second-order valence-electron chi connectivity index (χ2n) is 15.6. The van der Waals surface area contributed by atoms with Gasteiger partial charge in [-0.25, -0.2) is 4.79 Å². The maximum absolute atomic E-state index is 14.3. The number of carbonyl (C=O) groups excluding carboxylic acids is 3. The third-order valence-electron chi connectivity index (χ3n) is 11.6. The molecule has 0 aromatic rings. The molecule has 282 valence electrons. The monoisotopic (exact) mass is 696 g/mol. The summed E-state index contributed by atoms with van der Waals surface area (Å²) in [6.07, 6.45) is -0.0364. The van der Waals surface area contributed by atoms with E-state index < -0.39 is 65.7 Å². The summed E-state index contributed by atoms with van der Waals surface area (Å²) in [6.45, 7) is 15.2. The summed E-state index contributed by atoms with van der Waals surface area (Å²) in [5, 5.41) is 21.7. The molecule has 1 aliphatic carbocycles. The quantitative estimate of drug-likeness (QED) is 0.196. The van der Waals surface area contributed by atoms with Crippen molar-refractivity contribution in [3.8, 4) is 0 Å². The molecule has 5 unspecified atom stereocenters. The summed E-state index contributed by atoms with van der Waals surface area (Å²) >= 11 is 0. The van der Waals surface area contributed by atoms with Crippen LogP contribution in [0.4, 0.5) is 4.79 Å². The van der Waals surface area contributed by atoms with E-state index in [9.17, 15) is 19.5 Å². The fourth-order valence-corrected chi connectivity index (χ4v) is 8.25. The van der Waals surface area contributed by atoms with E-state index in [2.05, 4.69) is 22.9 Å². The van der Waals surface area contributed by atoms with Gasteiger partial charge < -0.3 is 49.6 Å². The molecule has 13 nitrogen and oxygen atoms in total. The molecular formula is C36H64N4O9. The molecule has 3 aliphatic heterocycles. The number of Topliss-reactive ketones (excluding diaryl/α,β-unsaturated/α-hetero) is 1. The first kappa shape index (κ1) is 39.9. The van der Waals surface area contributed by atoms with Crippen molar-refractivity contribution in [2.45, 2.75) is 147 Å². The highest BCUT2D eigenvalue weighted by Gasteiger charge is 2.57. The Hall–Kier alpha value is -1.87. The molecular weight excluding hydrogens is 632 g/mol. The minimum absolute atomic E-state index is 0.0309. The lowest BCUT2D eigenvalue weighted by Gasteiger charge is -2.47. The smallest absolute Gasteiger partial charge is 0.408 e. The largest absolute Gasteiger partial charge is 0.457 e. The van der Waals surface area contributed by atoms with Crippen molar-refractivity contribution in [2.75, 3.05) is 40.8 Å². The standard InChI is InChI=1S/C36H64N4O9/c1-11-27-36(12-2)30(39-34(44)49-36)23(6)38-17-20(3)16-35(7,45-10)31(21(4)28(41)22(5)32(43)47-27)48-33-29(42)26(40(8)9)15-25(46-33)19-37-18-24-13-14-24/h20-27,29-31,33,37-38,42H,11-19H2,1-10H3,(H,39,44)/t20-,21+,22?,23-,25?,26?,27-,29?,30-,31-,33?,35-,36-/m1/s1. The number of fused-ring (bicyclic) bond motifs is 1. The Balaban J connectivity index is 1.66. The molecule has 3 saturated heterocycles. The van der Waals surface area contributed by atoms with Gasteiger partial charge >= 0.3 is 12.1 Å². The van der Waals surface area contributed by atoms with Crippen LogP contribution in [0.25, 0.3) is 0 Å². The molecule has 0 bridgehead atoms. The van der Waals surface area contributed by atoms with E-state index in [-0.39, 0.29) is 29.9 Å². The Morgan fingerprint density at radius 1 is 1.08 bits per heavy atom. The van der Waals surface area contributed by atoms with Crippen LogP contribution in [0.5, 0.6) is 0 Å². The van der Waals surface area contributed by atoms with Crippen LogP contribution in [0, 0.1) is 23.7 Å². The Bertz CT molecular complexity index is 1140. The van der Waals surface area contributed by atoms with Crippen LogP contribution in [0.15, 0.2) is 0 Å². The van der Waals surface area contributed by atoms with Gasteiger partial charge in [-0.15, -0.1) is 0 Å². The Morgan fingerprint density at radius 2 is 1.78 bits per heavy atom. The fourth-order valence-electron chi connectivity index (χ4n) is 8.25. The fraction of sp³-hybridized carbons (Fsp3) is 0.917. The zero-order chi connectivity index (χ0) is 36.3. The summed E-state index contributed by atoms with van der Waals surface area (Å²) in [5.41, 5.74) is -2.12. The van der Waals surface area contributed by atoms with Crippen LogP contribution in [0.1, 0.15) is 87.0 Å². The molecule has 49 heavy (non-hydrogen) atoms. The number of nitrogens with one attached hydrogen (secondary N) is 3. The molecule has 4 aliphatic rings. The molecule has 0 radical (unpaired) electrons. The van der Waals surface area contributed by atoms with Gasteiger partial charge in [-0.2, -0.15) is 0 Å². The van der Waals surface area contributed by atoms with Gasteiger partial charge in [0.25, 0.3) is 0 Å². The first-order chi connectivity index (χ1) is 23.1. The molecule has 4 fully saturated rings. The van der Waals surface area contributed by atoms with Gasteiger partial charge in [0.2, 0.25) is 0 Å². The highest BCUT2D eigenvalue weighted by Crippen LogP contribution is 2.39. The summed E-state index contributed by atoms with van der Waals surface area (Å²) < 4.78 is 31.4. The zero-order valence-corrected chi connectivity index (χ0v) is 31.5. The van der Waals surface area contributed by atoms with Crippen molar-refractivity contribution in [3.63, 3.8) is 0 Å². The van der Waals surface area contributed by atoms with E-state index >= 15 is 0 Å². The summed E-state index contributed by atoms with van der Waals surface area (Å²) in [5.74, 6) is -2.29. The van der Waals surface area contributed by atoms with Crippen LogP contribution >= 0.6 is 0 Å². The Kier molecular flexibility index (Phi) is 13.6. The summed E-state index contributed by atoms with van der Waals surface area (Å²) in [7, 11) is 5.46. The van der Waals surface area contributed by atoms with Gasteiger partial charge in [-0.3, -0.25) is 9.59 Å². The highest BCUT2D eigenvalue weighted by molar-refractivity contribution is 6.00. The highest BCUT2D eigenvalue weighted by atomic mass is 16.7. The van der Waals surface area contributed by atoms with Gasteiger partial charge in [0.1, 0.15) is 18.1 Å². The Labute approximate surface area is 293 Å². The number of amides is 1. The molecule has 4 rings (SSSR count). The van der Waals surface area contributed by atoms with Crippen LogP contribution in [0.3, 0.4) is 0 Å². The van der Waals surface area contributed by atoms with Crippen LogP contribution in [0.2, 0.25) is 0 Å². The van der Waals surface area contributed by atoms with Crippen molar-refractivity contribution in [1.29, 1.82) is 0 Å². The number of esters is 1. The number of likely N-dealkylation sites (N-methyl/N-ethyl adjacent to an activating group) is 1. The maximum Gasteiger partial charge on any atom is 0.408 e. The lowest BCUT2D eigenvalue weighted by molar-refractivity contribution is -0.297. The molecule has 0 aromatic carbocycles. The number of ether oxygens (including phenoxy) is 5. The minimum Gasteiger partial charge on any atom is -0.457 e. The van der Waals surface area contributed by atoms with Crippen molar-refractivity contribution >= 4 is 17.8 Å². The first-order valence-electron chi connectivity index (χ1n) is 18.5. The molecule has 0 spiro atoms. The minimum atomic E-state index is -1.14. The normalized spacial score (nSPS) is 42.9. The number of hydrogen-bond acceptors (Lipinski definition) is 12. The average Bonchev–Trinajstić information content (AvgIpc) is 3.83. The second kappa shape index (κ2) is 16.6. The van der Waals surface area contributed by atoms with Gasteiger partial charge in [0, 0.05) is 31.7 Å². The molecule has 4 N–H and O–H groups in total. The third-order valence-corrected chi connectivity index (χ3v) is 11.6. The van der Waals surface area contributed by atoms with E-state index in [4.69, 9.17) is 23.7 Å². The number of carbonyl (C=O) groups is 3. The van der Waals surface area contributed by atoms with Gasteiger partial charge in [0.05, 0.1) is 23.9 Å². The number of cyclic esters (lactones) is 1. The summed E-state index contributed by atoms with van der Waals surface area (Å²) in [4.78, 5) is 42.7. The van der Waals surface area contributed by atoms with Gasteiger partial charge in [0.15, 0.2) is 17.7 Å². The van der Waals surface area contributed by atoms with Crippen LogP contribution in [-0.2, 0) is 33.3 Å². The number of aliphatic hydroxyl groups excluding tert-OH is 1. The van der Waals surface area contributed by atoms with E-state index in [0.717, 1.165) is 6.54 Å². The second-order valence-corrected chi connectivity index (χ2v) is 15.6. The summed E-state index contributed by atoms with van der Waals surface area (Å²) in [6, 6.07) is -0.938. The molecule has 13 atom stereocenters. The van der Waals surface area contributed by atoms with E-state index in [0.29, 0.717) is 44.7 Å². The van der Waals surface area contributed by atoms with E-state index in [1.807, 2.05) is 46.7 Å². The molecule has 1 amide bonds. The maximum atomic E-state index is 14.3. The van der Waals surface area contributed by atoms with Gasteiger partial charge in [-0.05, 0) is 98.3 Å². The number of hydrogen-bond donors (Lipinski definition) is 4. The molecule has 0 aromatic heterocycles. The van der Waals surface area contributed by atoms with E-state index in [1.54, 1.807) is 21.0 Å². The molecule has 13 heteroatoms. The first-order valence-corrected chi connectivity index (χ1v) is 18.5. The molecule has 3 heterocycles. The topological polar surface area (TPSA) is 157 Å². The number of aliphatic hydroxyl groups is 1. The predicted molar refractivity (Wildman–Crippen MR) is 184 cm³/mol. The number of methoxy groups -OCH3 is 1. The lowest BCUT2D eigenvalue weighted by atomic mass is 9.78.